The van der Waals surface area contributed by atoms with Gasteiger partial charge in [-0.1, -0.05) is 18.2 Å². The van der Waals surface area contributed by atoms with Gasteiger partial charge in [-0.3, -0.25) is 9.59 Å². The lowest BCUT2D eigenvalue weighted by molar-refractivity contribution is -0.138. The zero-order chi connectivity index (χ0) is 12.0. The molecule has 1 aromatic carbocycles. The third kappa shape index (κ3) is 3.70. The highest BCUT2D eigenvalue weighted by atomic mass is 16.4. The van der Waals surface area contributed by atoms with Gasteiger partial charge in [0.25, 0.3) is 5.91 Å². The van der Waals surface area contributed by atoms with Crippen LogP contribution < -0.4 is 11.1 Å². The molecule has 0 aliphatic rings. The van der Waals surface area contributed by atoms with Gasteiger partial charge in [-0.25, -0.2) is 0 Å². The number of carboxylic acid groups (broad SMARTS) is 1. The van der Waals surface area contributed by atoms with Gasteiger partial charge in [0.15, 0.2) is 0 Å². The maximum atomic E-state index is 11.5. The molecule has 5 heteroatoms. The van der Waals surface area contributed by atoms with E-state index in [0.717, 1.165) is 0 Å². The Labute approximate surface area is 93.3 Å². The zero-order valence-electron chi connectivity index (χ0n) is 8.72. The Morgan fingerprint density at radius 2 is 1.94 bits per heavy atom. The zero-order valence-corrected chi connectivity index (χ0v) is 8.72. The van der Waals surface area contributed by atoms with E-state index in [-0.39, 0.29) is 18.9 Å². The molecule has 1 rings (SSSR count). The minimum Gasteiger partial charge on any atom is -0.480 e. The highest BCUT2D eigenvalue weighted by Gasteiger charge is 2.11. The maximum absolute atomic E-state index is 11.5. The molecule has 1 amide bonds. The second-order valence-corrected chi connectivity index (χ2v) is 3.36. The molecule has 0 saturated heterocycles. The Balaban J connectivity index is 2.34. The van der Waals surface area contributed by atoms with Crippen molar-refractivity contribution in [3.63, 3.8) is 0 Å². The van der Waals surface area contributed by atoms with E-state index in [2.05, 4.69) is 5.32 Å². The van der Waals surface area contributed by atoms with Crippen LogP contribution in [0.15, 0.2) is 30.3 Å². The Morgan fingerprint density at radius 3 is 2.50 bits per heavy atom. The molecule has 0 bridgehead atoms. The summed E-state index contributed by atoms with van der Waals surface area (Å²) in [6.07, 6.45) is 0.216. The van der Waals surface area contributed by atoms with E-state index in [1.807, 2.05) is 6.07 Å². The molecule has 1 unspecified atom stereocenters. The molecule has 16 heavy (non-hydrogen) atoms. The average molecular weight is 222 g/mol. The van der Waals surface area contributed by atoms with Crippen molar-refractivity contribution in [2.75, 3.05) is 6.54 Å². The van der Waals surface area contributed by atoms with E-state index >= 15 is 0 Å². The van der Waals surface area contributed by atoms with Gasteiger partial charge in [-0.05, 0) is 18.6 Å². The standard InChI is InChI=1S/C11H14N2O3/c12-9(11(15)16)6-7-13-10(14)8-4-2-1-3-5-8/h1-5,9H,6-7,12H2,(H,13,14)(H,15,16). The van der Waals surface area contributed by atoms with Crippen molar-refractivity contribution in [1.29, 1.82) is 0 Å². The lowest BCUT2D eigenvalue weighted by Crippen LogP contribution is -2.35. The van der Waals surface area contributed by atoms with Crippen LogP contribution in [0, 0.1) is 0 Å². The van der Waals surface area contributed by atoms with E-state index in [0.29, 0.717) is 5.56 Å². The van der Waals surface area contributed by atoms with Crippen LogP contribution in [0.4, 0.5) is 0 Å². The van der Waals surface area contributed by atoms with Crippen molar-refractivity contribution >= 4 is 11.9 Å². The van der Waals surface area contributed by atoms with Crippen molar-refractivity contribution in [2.24, 2.45) is 5.73 Å². The average Bonchev–Trinajstić information content (AvgIpc) is 2.29. The van der Waals surface area contributed by atoms with Crippen LogP contribution in [0.3, 0.4) is 0 Å². The molecule has 1 atom stereocenters. The van der Waals surface area contributed by atoms with Crippen molar-refractivity contribution in [2.45, 2.75) is 12.5 Å². The number of carboxylic acids is 1. The lowest BCUT2D eigenvalue weighted by Gasteiger charge is -2.07. The fourth-order valence-corrected chi connectivity index (χ4v) is 1.16. The number of benzene rings is 1. The Morgan fingerprint density at radius 1 is 1.31 bits per heavy atom. The topological polar surface area (TPSA) is 92.4 Å². The van der Waals surface area contributed by atoms with Gasteiger partial charge in [0.1, 0.15) is 6.04 Å². The summed E-state index contributed by atoms with van der Waals surface area (Å²) in [5, 5.41) is 11.1. The molecule has 0 aliphatic carbocycles. The number of carbonyl (C=O) groups is 2. The molecule has 0 spiro atoms. The van der Waals surface area contributed by atoms with Gasteiger partial charge in [0.2, 0.25) is 0 Å². The first-order valence-corrected chi connectivity index (χ1v) is 4.93. The third-order valence-electron chi connectivity index (χ3n) is 2.09. The first kappa shape index (κ1) is 12.2. The molecular formula is C11H14N2O3. The minimum atomic E-state index is -1.06. The number of nitrogens with one attached hydrogen (secondary N) is 1. The van der Waals surface area contributed by atoms with Crippen LogP contribution in [0.2, 0.25) is 0 Å². The summed E-state index contributed by atoms with van der Waals surface area (Å²) in [5.74, 6) is -1.29. The van der Waals surface area contributed by atoms with Crippen LogP contribution in [0.1, 0.15) is 16.8 Å². The lowest BCUT2D eigenvalue weighted by atomic mass is 10.2. The number of hydrogen-bond acceptors (Lipinski definition) is 3. The molecule has 0 saturated carbocycles. The Kier molecular flexibility index (Phi) is 4.47. The Hall–Kier alpha value is -1.88. The largest absolute Gasteiger partial charge is 0.480 e. The molecular weight excluding hydrogens is 208 g/mol. The monoisotopic (exact) mass is 222 g/mol. The number of amides is 1. The molecule has 0 aliphatic heterocycles. The fourth-order valence-electron chi connectivity index (χ4n) is 1.16. The third-order valence-corrected chi connectivity index (χ3v) is 2.09. The van der Waals surface area contributed by atoms with E-state index < -0.39 is 12.0 Å². The molecule has 1 aromatic rings. The number of nitrogens with two attached hydrogens (primary N) is 1. The molecule has 0 heterocycles. The van der Waals surface area contributed by atoms with Crippen LogP contribution >= 0.6 is 0 Å². The second kappa shape index (κ2) is 5.87. The van der Waals surface area contributed by atoms with Gasteiger partial charge in [-0.15, -0.1) is 0 Å². The van der Waals surface area contributed by atoms with Crippen molar-refractivity contribution in [3.8, 4) is 0 Å². The smallest absolute Gasteiger partial charge is 0.320 e. The summed E-state index contributed by atoms with van der Waals surface area (Å²) >= 11 is 0. The van der Waals surface area contributed by atoms with Crippen LogP contribution in [0.25, 0.3) is 0 Å². The second-order valence-electron chi connectivity index (χ2n) is 3.36. The molecule has 4 N–H and O–H groups in total. The SMILES string of the molecule is NC(CCNC(=O)c1ccccc1)C(=O)O. The van der Waals surface area contributed by atoms with E-state index in [4.69, 9.17) is 10.8 Å². The minimum absolute atomic E-state index is 0.216. The maximum Gasteiger partial charge on any atom is 0.320 e. The summed E-state index contributed by atoms with van der Waals surface area (Å²) < 4.78 is 0. The van der Waals surface area contributed by atoms with Gasteiger partial charge < -0.3 is 16.2 Å². The predicted octanol–water partition coefficient (Wildman–Crippen LogP) is 0.218. The van der Waals surface area contributed by atoms with Gasteiger partial charge in [-0.2, -0.15) is 0 Å². The van der Waals surface area contributed by atoms with Crippen LogP contribution in [0.5, 0.6) is 0 Å². The highest BCUT2D eigenvalue weighted by Crippen LogP contribution is 1.97. The molecule has 0 fully saturated rings. The molecule has 0 aromatic heterocycles. The number of aliphatic carboxylic acids is 1. The molecule has 0 radical (unpaired) electrons. The van der Waals surface area contributed by atoms with E-state index in [1.165, 1.54) is 0 Å². The molecule has 86 valence electrons. The summed E-state index contributed by atoms with van der Waals surface area (Å²) in [6, 6.07) is 7.78. The van der Waals surface area contributed by atoms with Crippen LogP contribution in [-0.4, -0.2) is 29.6 Å². The highest BCUT2D eigenvalue weighted by molar-refractivity contribution is 5.94. The van der Waals surface area contributed by atoms with E-state index in [1.54, 1.807) is 24.3 Å². The van der Waals surface area contributed by atoms with Crippen LogP contribution in [-0.2, 0) is 4.79 Å². The first-order valence-electron chi connectivity index (χ1n) is 4.93. The van der Waals surface area contributed by atoms with Gasteiger partial charge in [0, 0.05) is 12.1 Å². The molecule has 5 nitrogen and oxygen atoms in total. The summed E-state index contributed by atoms with van der Waals surface area (Å²) in [7, 11) is 0. The summed E-state index contributed by atoms with van der Waals surface area (Å²) in [5.41, 5.74) is 5.84. The van der Waals surface area contributed by atoms with Crippen molar-refractivity contribution in [3.05, 3.63) is 35.9 Å². The number of rotatable bonds is 5. The number of carbonyl (C=O) groups excluding carboxylic acids is 1. The van der Waals surface area contributed by atoms with Crippen molar-refractivity contribution in [1.82, 2.24) is 5.32 Å². The normalized spacial score (nSPS) is 11.8. The first-order chi connectivity index (χ1) is 7.61. The van der Waals surface area contributed by atoms with Gasteiger partial charge >= 0.3 is 5.97 Å². The number of hydrogen-bond donors (Lipinski definition) is 3. The Bertz CT molecular complexity index is 365. The quantitative estimate of drug-likeness (QED) is 0.664. The van der Waals surface area contributed by atoms with Crippen molar-refractivity contribution < 1.29 is 14.7 Å². The summed E-state index contributed by atoms with van der Waals surface area (Å²) in [4.78, 5) is 21.9. The predicted molar refractivity (Wildman–Crippen MR) is 59.0 cm³/mol. The fraction of sp³-hybridized carbons (Fsp3) is 0.273. The summed E-state index contributed by atoms with van der Waals surface area (Å²) in [6.45, 7) is 0.251. The van der Waals surface area contributed by atoms with Gasteiger partial charge in [0.05, 0.1) is 0 Å². The van der Waals surface area contributed by atoms with E-state index in [9.17, 15) is 9.59 Å².